The van der Waals surface area contributed by atoms with E-state index in [-0.39, 0.29) is 10.5 Å². The third kappa shape index (κ3) is 4.83. The minimum atomic E-state index is 0.0478. The summed E-state index contributed by atoms with van der Waals surface area (Å²) in [6, 6.07) is 14.8. The van der Waals surface area contributed by atoms with Gasteiger partial charge in [-0.25, -0.2) is 4.98 Å². The van der Waals surface area contributed by atoms with E-state index in [1.807, 2.05) is 35.3 Å². The highest BCUT2D eigenvalue weighted by Crippen LogP contribution is 2.37. The van der Waals surface area contributed by atoms with Crippen LogP contribution in [0, 0.1) is 4.77 Å². The van der Waals surface area contributed by atoms with E-state index in [0.29, 0.717) is 28.3 Å². The van der Waals surface area contributed by atoms with Crippen LogP contribution in [0.3, 0.4) is 0 Å². The summed E-state index contributed by atoms with van der Waals surface area (Å²) in [6.07, 6.45) is 0. The molecule has 36 heavy (non-hydrogen) atoms. The molecule has 0 spiro atoms. The Morgan fingerprint density at radius 1 is 1.03 bits per heavy atom. The number of nitrogens with two attached hydrogens (primary N) is 1. The van der Waals surface area contributed by atoms with Crippen molar-refractivity contribution >= 4 is 34.8 Å². The van der Waals surface area contributed by atoms with Gasteiger partial charge in [-0.3, -0.25) is 5.01 Å². The minimum Gasteiger partial charge on any atom is -0.504 e. The van der Waals surface area contributed by atoms with E-state index in [1.54, 1.807) is 18.2 Å². The fraction of sp³-hybridized carbons (Fsp3) is 0.240. The largest absolute Gasteiger partial charge is 0.504 e. The van der Waals surface area contributed by atoms with Crippen molar-refractivity contribution in [2.75, 3.05) is 46.1 Å². The summed E-state index contributed by atoms with van der Waals surface area (Å²) in [5.41, 5.74) is 10.6. The summed E-state index contributed by atoms with van der Waals surface area (Å²) in [5, 5.41) is 21.4. The van der Waals surface area contributed by atoms with Gasteiger partial charge in [-0.1, -0.05) is 23.4 Å². The molecule has 0 amide bonds. The normalized spacial score (nSPS) is 14.6. The molecule has 184 valence electrons. The monoisotopic (exact) mass is 502 g/mol. The van der Waals surface area contributed by atoms with Gasteiger partial charge in [-0.15, -0.1) is 5.11 Å². The van der Waals surface area contributed by atoms with Crippen molar-refractivity contribution in [2.24, 2.45) is 10.3 Å². The molecule has 2 aromatic carbocycles. The number of aromatic hydroxyl groups is 1. The van der Waals surface area contributed by atoms with Gasteiger partial charge in [0.15, 0.2) is 21.9 Å². The number of nitrogens with one attached hydrogen (secondary N) is 1. The molecule has 0 unspecified atom stereocenters. The van der Waals surface area contributed by atoms with Crippen LogP contribution in [0.25, 0.3) is 33.4 Å². The zero-order chi connectivity index (χ0) is 25.2. The van der Waals surface area contributed by atoms with Gasteiger partial charge in [-0.05, 0) is 60.7 Å². The van der Waals surface area contributed by atoms with Gasteiger partial charge in [0.1, 0.15) is 5.82 Å². The van der Waals surface area contributed by atoms with Crippen molar-refractivity contribution < 1.29 is 9.84 Å². The number of ether oxygens (including phenoxy) is 1. The van der Waals surface area contributed by atoms with Crippen molar-refractivity contribution in [1.29, 1.82) is 0 Å². The van der Waals surface area contributed by atoms with Gasteiger partial charge in [0, 0.05) is 18.7 Å². The molecule has 0 radical (unpaired) electrons. The highest BCUT2D eigenvalue weighted by atomic mass is 32.1. The number of hydrogen-bond donors (Lipinski definition) is 3. The summed E-state index contributed by atoms with van der Waals surface area (Å²) < 4.78 is 5.56. The van der Waals surface area contributed by atoms with E-state index in [4.69, 9.17) is 27.7 Å². The molecule has 11 heteroatoms. The summed E-state index contributed by atoms with van der Waals surface area (Å²) in [6.45, 7) is 3.68. The number of rotatable bonds is 5. The molecule has 1 aliphatic heterocycles. The van der Waals surface area contributed by atoms with Crippen LogP contribution in [-0.4, -0.2) is 70.3 Å². The number of nitrogens with zero attached hydrogens (tertiary/aromatic N) is 6. The number of anilines is 1. The van der Waals surface area contributed by atoms with Crippen molar-refractivity contribution in [3.8, 4) is 33.9 Å². The molecular weight excluding hydrogens is 476 g/mol. The molecule has 0 atom stereocenters. The van der Waals surface area contributed by atoms with Crippen LogP contribution in [-0.2, 0) is 0 Å². The van der Waals surface area contributed by atoms with Crippen LogP contribution >= 0.6 is 12.2 Å². The lowest BCUT2D eigenvalue weighted by atomic mass is 9.99. The van der Waals surface area contributed by atoms with Crippen LogP contribution in [0.5, 0.6) is 11.5 Å². The Morgan fingerprint density at radius 2 is 1.75 bits per heavy atom. The van der Waals surface area contributed by atoms with Gasteiger partial charge >= 0.3 is 0 Å². The Labute approximate surface area is 213 Å². The average Bonchev–Trinajstić information content (AvgIpc) is 2.88. The standard InChI is InChI=1S/C25H26N8O2S/c1-32-9-11-33(12-10-32)31-30-17-6-3-15(4-7-17)19-14-18(16-5-8-20(34)21(13-16)35-2)22-23(26)28-25(36)29-24(22)27-19/h3-8,13-14,34H,9-12H2,1-2H3,(H3,26,27,28,29,36). The van der Waals surface area contributed by atoms with Crippen LogP contribution in [0.2, 0.25) is 0 Å². The van der Waals surface area contributed by atoms with Gasteiger partial charge in [0.2, 0.25) is 0 Å². The van der Waals surface area contributed by atoms with E-state index >= 15 is 0 Å². The number of aromatic amines is 1. The van der Waals surface area contributed by atoms with Gasteiger partial charge in [-0.2, -0.15) is 4.98 Å². The Hall–Kier alpha value is -4.09. The molecule has 10 nitrogen and oxygen atoms in total. The van der Waals surface area contributed by atoms with E-state index in [1.165, 1.54) is 7.11 Å². The van der Waals surface area contributed by atoms with Gasteiger partial charge in [0.05, 0.1) is 37.0 Å². The highest BCUT2D eigenvalue weighted by Gasteiger charge is 2.16. The number of phenols is 1. The second kappa shape index (κ2) is 9.88. The summed E-state index contributed by atoms with van der Waals surface area (Å²) in [5.74, 6) is 0.766. The number of likely N-dealkylation sites (N-methyl/N-ethyl adjacent to an activating group) is 1. The second-order valence-corrected chi connectivity index (χ2v) is 8.98. The first-order valence-electron chi connectivity index (χ1n) is 11.4. The topological polar surface area (TPSA) is 128 Å². The zero-order valence-electron chi connectivity index (χ0n) is 20.0. The number of benzene rings is 2. The number of aromatic nitrogens is 3. The summed E-state index contributed by atoms with van der Waals surface area (Å²) in [7, 11) is 3.61. The molecular formula is C25H26N8O2S. The van der Waals surface area contributed by atoms with Crippen molar-refractivity contribution in [3.63, 3.8) is 0 Å². The van der Waals surface area contributed by atoms with Crippen LogP contribution in [0.15, 0.2) is 58.9 Å². The summed E-state index contributed by atoms with van der Waals surface area (Å²) >= 11 is 5.24. The van der Waals surface area contributed by atoms with E-state index in [0.717, 1.165) is 48.6 Å². The molecule has 4 aromatic rings. The van der Waals surface area contributed by atoms with Gasteiger partial charge < -0.3 is 25.5 Å². The number of phenolic OH excluding ortho intramolecular Hbond substituents is 1. The van der Waals surface area contributed by atoms with Crippen LogP contribution < -0.4 is 10.5 Å². The number of hydrogen-bond acceptors (Lipinski definition) is 9. The number of fused-ring (bicyclic) bond motifs is 1. The van der Waals surface area contributed by atoms with Crippen LogP contribution in [0.1, 0.15) is 0 Å². The first-order chi connectivity index (χ1) is 17.4. The highest BCUT2D eigenvalue weighted by molar-refractivity contribution is 7.71. The number of methoxy groups -OCH3 is 1. The smallest absolute Gasteiger partial charge is 0.200 e. The Kier molecular flexibility index (Phi) is 6.49. The molecule has 0 aliphatic carbocycles. The SMILES string of the molecule is COc1cc(-c2cc(-c3ccc(N=NN4CCN(C)CC4)cc3)nc3nc(=S)[nH]c(N)c23)ccc1O. The molecule has 1 fully saturated rings. The first-order valence-corrected chi connectivity index (χ1v) is 11.9. The van der Waals surface area contributed by atoms with Crippen LogP contribution in [0.4, 0.5) is 11.5 Å². The fourth-order valence-corrected chi connectivity index (χ4v) is 4.30. The second-order valence-electron chi connectivity index (χ2n) is 8.59. The molecule has 0 bridgehead atoms. The quantitative estimate of drug-likeness (QED) is 0.268. The molecule has 1 aliphatic rings. The predicted molar refractivity (Wildman–Crippen MR) is 142 cm³/mol. The minimum absolute atomic E-state index is 0.0478. The molecule has 1 saturated heterocycles. The third-order valence-corrected chi connectivity index (χ3v) is 6.33. The lowest BCUT2D eigenvalue weighted by Gasteiger charge is -2.29. The van der Waals surface area contributed by atoms with E-state index < -0.39 is 0 Å². The van der Waals surface area contributed by atoms with Crippen molar-refractivity contribution in [2.45, 2.75) is 0 Å². The maximum atomic E-state index is 10.1. The Bertz CT molecular complexity index is 1490. The lowest BCUT2D eigenvalue weighted by Crippen LogP contribution is -2.41. The number of piperazine rings is 1. The lowest BCUT2D eigenvalue weighted by molar-refractivity contribution is 0.150. The maximum Gasteiger partial charge on any atom is 0.200 e. The molecule has 2 aromatic heterocycles. The third-order valence-electron chi connectivity index (χ3n) is 6.14. The van der Waals surface area contributed by atoms with E-state index in [9.17, 15) is 5.11 Å². The fourth-order valence-electron chi connectivity index (χ4n) is 4.10. The number of nitrogen functional groups attached to an aromatic ring is 1. The zero-order valence-corrected chi connectivity index (χ0v) is 20.8. The van der Waals surface area contributed by atoms with E-state index in [2.05, 4.69) is 32.3 Å². The molecule has 5 rings (SSSR count). The van der Waals surface area contributed by atoms with Crippen molar-refractivity contribution in [3.05, 3.63) is 53.3 Å². The molecule has 3 heterocycles. The van der Waals surface area contributed by atoms with Crippen molar-refractivity contribution in [1.82, 2.24) is 24.9 Å². The van der Waals surface area contributed by atoms with Gasteiger partial charge in [0.25, 0.3) is 0 Å². The first kappa shape index (κ1) is 23.6. The number of pyridine rings is 1. The summed E-state index contributed by atoms with van der Waals surface area (Å²) in [4.78, 5) is 14.3. The predicted octanol–water partition coefficient (Wildman–Crippen LogP) is 4.56. The number of H-pyrrole nitrogens is 1. The maximum absolute atomic E-state index is 10.1. The molecule has 4 N–H and O–H groups in total. The Balaban J connectivity index is 1.53. The Morgan fingerprint density at radius 3 is 2.47 bits per heavy atom. The molecule has 0 saturated carbocycles. The average molecular weight is 503 g/mol.